The quantitative estimate of drug-likeness (QED) is 0.677. The van der Waals surface area contributed by atoms with Gasteiger partial charge in [0.1, 0.15) is 0 Å². The van der Waals surface area contributed by atoms with Crippen LogP contribution in [0.5, 0.6) is 0 Å². The summed E-state index contributed by atoms with van der Waals surface area (Å²) in [5.74, 6) is 0. The molecule has 4 rings (SSSR count). The maximum atomic E-state index is 4.78. The second kappa shape index (κ2) is 4.18. The molecule has 0 saturated carbocycles. The maximum absolute atomic E-state index is 4.78. The molecular formula is C15H15N3S. The summed E-state index contributed by atoms with van der Waals surface area (Å²) in [7, 11) is 2.18. The highest BCUT2D eigenvalue weighted by Gasteiger charge is 2.20. The average molecular weight is 269 g/mol. The van der Waals surface area contributed by atoms with E-state index in [1.165, 1.54) is 16.1 Å². The summed E-state index contributed by atoms with van der Waals surface area (Å²) >= 11 is 1.83. The zero-order chi connectivity index (χ0) is 12.8. The van der Waals surface area contributed by atoms with Crippen LogP contribution in [0.25, 0.3) is 16.2 Å². The molecule has 0 amide bonds. The lowest BCUT2D eigenvalue weighted by Gasteiger charge is -2.21. The molecule has 1 aliphatic heterocycles. The monoisotopic (exact) mass is 269 g/mol. The van der Waals surface area contributed by atoms with Crippen molar-refractivity contribution in [2.24, 2.45) is 0 Å². The predicted octanol–water partition coefficient (Wildman–Crippen LogP) is 3.05. The van der Waals surface area contributed by atoms with E-state index in [2.05, 4.69) is 46.8 Å². The van der Waals surface area contributed by atoms with Gasteiger partial charge in [0.2, 0.25) is 0 Å². The molecule has 0 aliphatic carbocycles. The van der Waals surface area contributed by atoms with Crippen LogP contribution in [-0.2, 0) is 13.0 Å². The van der Waals surface area contributed by atoms with Crippen LogP contribution in [0.2, 0.25) is 0 Å². The molecule has 0 unspecified atom stereocenters. The van der Waals surface area contributed by atoms with Crippen molar-refractivity contribution in [3.63, 3.8) is 0 Å². The van der Waals surface area contributed by atoms with Crippen LogP contribution in [0.15, 0.2) is 36.5 Å². The third-order valence-corrected chi connectivity index (χ3v) is 4.80. The van der Waals surface area contributed by atoms with Crippen molar-refractivity contribution in [3.8, 4) is 11.3 Å². The van der Waals surface area contributed by atoms with Crippen LogP contribution in [0.3, 0.4) is 0 Å². The molecule has 0 N–H and O–H groups in total. The minimum absolute atomic E-state index is 1.06. The Balaban J connectivity index is 1.84. The van der Waals surface area contributed by atoms with Crippen LogP contribution in [0.1, 0.15) is 10.6 Å². The standard InChI is InChI=1S/C15H15N3S/c1-17-8-7-13-14(10-17)19-15-16-12(9-18(13)15)11-5-3-2-4-6-11/h2-6,9H,7-8,10H2,1H3. The van der Waals surface area contributed by atoms with Crippen molar-refractivity contribution in [1.29, 1.82) is 0 Å². The molecule has 0 bridgehead atoms. The van der Waals surface area contributed by atoms with Crippen LogP contribution < -0.4 is 0 Å². The molecule has 1 aliphatic rings. The number of fused-ring (bicyclic) bond motifs is 3. The van der Waals surface area contributed by atoms with E-state index in [1.807, 2.05) is 17.4 Å². The Hall–Kier alpha value is -1.65. The Morgan fingerprint density at radius 3 is 2.89 bits per heavy atom. The van der Waals surface area contributed by atoms with Gasteiger partial charge in [0.05, 0.1) is 5.69 Å². The van der Waals surface area contributed by atoms with Gasteiger partial charge in [-0.3, -0.25) is 4.40 Å². The Labute approximate surface area is 116 Å². The first-order chi connectivity index (χ1) is 9.31. The van der Waals surface area contributed by atoms with Crippen LogP contribution in [-0.4, -0.2) is 27.9 Å². The summed E-state index contributed by atoms with van der Waals surface area (Å²) < 4.78 is 2.29. The van der Waals surface area contributed by atoms with Gasteiger partial charge in [-0.05, 0) is 7.05 Å². The summed E-state index contributed by atoms with van der Waals surface area (Å²) in [4.78, 5) is 9.74. The van der Waals surface area contributed by atoms with E-state index in [-0.39, 0.29) is 0 Å². The summed E-state index contributed by atoms with van der Waals surface area (Å²) in [6, 6.07) is 10.4. The molecule has 1 aromatic carbocycles. The number of imidazole rings is 1. The molecular weight excluding hydrogens is 254 g/mol. The van der Waals surface area contributed by atoms with Gasteiger partial charge in [-0.15, -0.1) is 0 Å². The molecule has 2 aromatic heterocycles. The van der Waals surface area contributed by atoms with Crippen LogP contribution in [0, 0.1) is 0 Å². The van der Waals surface area contributed by atoms with Gasteiger partial charge >= 0.3 is 0 Å². The first-order valence-corrected chi connectivity index (χ1v) is 7.36. The Bertz CT molecular complexity index is 727. The zero-order valence-electron chi connectivity index (χ0n) is 10.8. The molecule has 0 radical (unpaired) electrons. The smallest absolute Gasteiger partial charge is 0.194 e. The lowest BCUT2D eigenvalue weighted by molar-refractivity contribution is 0.314. The van der Waals surface area contributed by atoms with Crippen molar-refractivity contribution in [1.82, 2.24) is 14.3 Å². The van der Waals surface area contributed by atoms with Crippen molar-refractivity contribution in [2.45, 2.75) is 13.0 Å². The molecule has 3 heterocycles. The van der Waals surface area contributed by atoms with Gasteiger partial charge in [0.15, 0.2) is 4.96 Å². The van der Waals surface area contributed by atoms with Gasteiger partial charge < -0.3 is 4.90 Å². The summed E-state index contributed by atoms with van der Waals surface area (Å²) in [6.45, 7) is 2.20. The highest BCUT2D eigenvalue weighted by Crippen LogP contribution is 2.30. The summed E-state index contributed by atoms with van der Waals surface area (Å²) in [6.07, 6.45) is 3.31. The third-order valence-electron chi connectivity index (χ3n) is 3.71. The van der Waals surface area contributed by atoms with Crippen molar-refractivity contribution in [2.75, 3.05) is 13.6 Å². The minimum atomic E-state index is 1.06. The molecule has 96 valence electrons. The SMILES string of the molecule is CN1CCc2c(sc3nc(-c4ccccc4)cn23)C1. The lowest BCUT2D eigenvalue weighted by atomic mass is 10.2. The molecule has 3 nitrogen and oxygen atoms in total. The second-order valence-corrected chi connectivity index (χ2v) is 6.17. The number of hydrogen-bond acceptors (Lipinski definition) is 3. The first kappa shape index (κ1) is 11.2. The third kappa shape index (κ3) is 1.79. The normalized spacial score (nSPS) is 15.8. The van der Waals surface area contributed by atoms with E-state index in [0.29, 0.717) is 0 Å². The fourth-order valence-electron chi connectivity index (χ4n) is 2.68. The van der Waals surface area contributed by atoms with E-state index in [0.717, 1.165) is 30.2 Å². The van der Waals surface area contributed by atoms with Gasteiger partial charge in [-0.25, -0.2) is 4.98 Å². The maximum Gasteiger partial charge on any atom is 0.194 e. The molecule has 0 spiro atoms. The number of likely N-dealkylation sites (N-methyl/N-ethyl adjacent to an activating group) is 1. The van der Waals surface area contributed by atoms with Crippen molar-refractivity contribution < 1.29 is 0 Å². The number of thiazole rings is 1. The second-order valence-electron chi connectivity index (χ2n) is 5.10. The van der Waals surface area contributed by atoms with Crippen molar-refractivity contribution in [3.05, 3.63) is 47.1 Å². The molecule has 3 aromatic rings. The Kier molecular flexibility index (Phi) is 2.47. The number of rotatable bonds is 1. The fourth-order valence-corrected chi connectivity index (χ4v) is 3.91. The van der Waals surface area contributed by atoms with Gasteiger partial charge in [0.25, 0.3) is 0 Å². The molecule has 4 heteroatoms. The number of benzene rings is 1. The van der Waals surface area contributed by atoms with E-state index in [4.69, 9.17) is 4.98 Å². The van der Waals surface area contributed by atoms with Crippen LogP contribution >= 0.6 is 11.3 Å². The van der Waals surface area contributed by atoms with Gasteiger partial charge in [0, 0.05) is 41.8 Å². The first-order valence-electron chi connectivity index (χ1n) is 6.55. The van der Waals surface area contributed by atoms with Crippen molar-refractivity contribution >= 4 is 16.3 Å². The van der Waals surface area contributed by atoms with Gasteiger partial charge in [-0.2, -0.15) is 0 Å². The largest absolute Gasteiger partial charge is 0.301 e. The van der Waals surface area contributed by atoms with Crippen LogP contribution in [0.4, 0.5) is 0 Å². The predicted molar refractivity (Wildman–Crippen MR) is 78.5 cm³/mol. The topological polar surface area (TPSA) is 20.5 Å². The lowest BCUT2D eigenvalue weighted by Crippen LogP contribution is -2.26. The molecule has 19 heavy (non-hydrogen) atoms. The summed E-state index contributed by atoms with van der Waals surface area (Å²) in [5, 5.41) is 0. The number of aromatic nitrogens is 2. The zero-order valence-corrected chi connectivity index (χ0v) is 11.7. The van der Waals surface area contributed by atoms with E-state index in [9.17, 15) is 0 Å². The molecule has 0 atom stereocenters. The number of hydrogen-bond donors (Lipinski definition) is 0. The molecule has 0 fully saturated rings. The van der Waals surface area contributed by atoms with E-state index in [1.54, 1.807) is 0 Å². The minimum Gasteiger partial charge on any atom is -0.301 e. The fraction of sp³-hybridized carbons (Fsp3) is 0.267. The number of nitrogens with zero attached hydrogens (tertiary/aromatic N) is 3. The van der Waals surface area contributed by atoms with E-state index >= 15 is 0 Å². The Morgan fingerprint density at radius 1 is 1.21 bits per heavy atom. The highest BCUT2D eigenvalue weighted by molar-refractivity contribution is 7.17. The van der Waals surface area contributed by atoms with Gasteiger partial charge in [-0.1, -0.05) is 41.7 Å². The van der Waals surface area contributed by atoms with E-state index < -0.39 is 0 Å². The summed E-state index contributed by atoms with van der Waals surface area (Å²) in [5.41, 5.74) is 3.72. The molecule has 0 saturated heterocycles. The highest BCUT2D eigenvalue weighted by atomic mass is 32.1. The average Bonchev–Trinajstić information content (AvgIpc) is 2.96. The Morgan fingerprint density at radius 2 is 2.05 bits per heavy atom.